The van der Waals surface area contributed by atoms with E-state index in [1.807, 2.05) is 50.6 Å². The van der Waals surface area contributed by atoms with Crippen LogP contribution in [0, 0.1) is 0 Å². The molecular weight excluding hydrogens is 390 g/mol. The Kier molecular flexibility index (Phi) is 4.76. The van der Waals surface area contributed by atoms with Gasteiger partial charge in [0.1, 0.15) is 5.69 Å². The van der Waals surface area contributed by atoms with Crippen LogP contribution in [-0.4, -0.2) is 46.1 Å². The van der Waals surface area contributed by atoms with Crippen LogP contribution in [0.3, 0.4) is 0 Å². The lowest BCUT2D eigenvalue weighted by Gasteiger charge is -2.25. The predicted molar refractivity (Wildman–Crippen MR) is 113 cm³/mol. The average molecular weight is 412 g/mol. The first-order valence-electron chi connectivity index (χ1n) is 9.22. The largest absolute Gasteiger partial charge is 0.388 e. The van der Waals surface area contributed by atoms with Crippen molar-refractivity contribution in [3.63, 3.8) is 0 Å². The Morgan fingerprint density at radius 3 is 2.45 bits per heavy atom. The third-order valence-corrected chi connectivity index (χ3v) is 5.10. The van der Waals surface area contributed by atoms with Crippen molar-refractivity contribution in [1.29, 1.82) is 0 Å². The van der Waals surface area contributed by atoms with E-state index < -0.39 is 5.60 Å². The van der Waals surface area contributed by atoms with Gasteiger partial charge in [-0.2, -0.15) is 10.1 Å². The smallest absolute Gasteiger partial charge is 0.243 e. The fourth-order valence-electron chi connectivity index (χ4n) is 2.82. The first kappa shape index (κ1) is 19.4. The number of rotatable bonds is 5. The van der Waals surface area contributed by atoms with Crippen molar-refractivity contribution < 1.29 is 5.11 Å². The summed E-state index contributed by atoms with van der Waals surface area (Å²) in [5, 5.41) is 22.8. The molecule has 0 spiro atoms. The molecular formula is C20H22ClN7O. The summed E-state index contributed by atoms with van der Waals surface area (Å²) in [4.78, 5) is 9.44. The molecule has 0 aliphatic rings. The molecule has 8 nitrogen and oxygen atoms in total. The monoisotopic (exact) mass is 411 g/mol. The zero-order chi connectivity index (χ0) is 20.8. The third-order valence-electron chi connectivity index (χ3n) is 4.84. The SMILES string of the molecule is C[C@H](Nc1nc2c(-c3cnn(C)c3)nc(-c3ccc(Cl)cc3)cn2n1)C(C)(C)O. The van der Waals surface area contributed by atoms with E-state index in [4.69, 9.17) is 16.6 Å². The van der Waals surface area contributed by atoms with Gasteiger partial charge in [0.2, 0.25) is 5.95 Å². The van der Waals surface area contributed by atoms with E-state index in [2.05, 4.69) is 20.5 Å². The third kappa shape index (κ3) is 3.94. The zero-order valence-corrected chi connectivity index (χ0v) is 17.4. The molecule has 0 unspecified atom stereocenters. The number of hydrogen-bond acceptors (Lipinski definition) is 6. The van der Waals surface area contributed by atoms with E-state index in [0.29, 0.717) is 22.3 Å². The molecule has 3 heterocycles. The lowest BCUT2D eigenvalue weighted by molar-refractivity contribution is 0.0646. The van der Waals surface area contributed by atoms with Crippen LogP contribution in [0.15, 0.2) is 42.9 Å². The predicted octanol–water partition coefficient (Wildman–Crippen LogP) is 3.42. The Hall–Kier alpha value is -2.97. The highest BCUT2D eigenvalue weighted by Gasteiger charge is 2.24. The topological polar surface area (TPSA) is 93.2 Å². The molecule has 150 valence electrons. The number of benzene rings is 1. The van der Waals surface area contributed by atoms with Crippen LogP contribution in [0.1, 0.15) is 20.8 Å². The molecule has 1 atom stereocenters. The van der Waals surface area contributed by atoms with Crippen LogP contribution in [0.2, 0.25) is 5.02 Å². The highest BCUT2D eigenvalue weighted by molar-refractivity contribution is 6.30. The van der Waals surface area contributed by atoms with Gasteiger partial charge in [-0.05, 0) is 32.9 Å². The number of fused-ring (bicyclic) bond motifs is 1. The Labute approximate surface area is 173 Å². The van der Waals surface area contributed by atoms with E-state index in [1.165, 1.54) is 0 Å². The lowest BCUT2D eigenvalue weighted by atomic mass is 10.0. The molecule has 9 heteroatoms. The number of anilines is 1. The molecule has 4 aromatic rings. The van der Waals surface area contributed by atoms with Gasteiger partial charge in [-0.25, -0.2) is 9.50 Å². The number of halogens is 1. The van der Waals surface area contributed by atoms with Gasteiger partial charge in [0, 0.05) is 29.4 Å². The molecule has 0 saturated heterocycles. The number of aliphatic hydroxyl groups is 1. The molecule has 4 rings (SSSR count). The van der Waals surface area contributed by atoms with E-state index in [9.17, 15) is 5.11 Å². The Morgan fingerprint density at radius 1 is 1.10 bits per heavy atom. The van der Waals surface area contributed by atoms with Crippen molar-refractivity contribution in [1.82, 2.24) is 29.4 Å². The molecule has 2 N–H and O–H groups in total. The van der Waals surface area contributed by atoms with Crippen LogP contribution in [-0.2, 0) is 7.05 Å². The first-order chi connectivity index (χ1) is 13.7. The minimum atomic E-state index is -0.920. The van der Waals surface area contributed by atoms with E-state index in [1.54, 1.807) is 29.2 Å². The zero-order valence-electron chi connectivity index (χ0n) is 16.6. The molecule has 0 amide bonds. The van der Waals surface area contributed by atoms with Gasteiger partial charge in [0.25, 0.3) is 0 Å². The Balaban J connectivity index is 1.85. The second-order valence-electron chi connectivity index (χ2n) is 7.61. The highest BCUT2D eigenvalue weighted by Crippen LogP contribution is 2.27. The van der Waals surface area contributed by atoms with E-state index in [-0.39, 0.29) is 6.04 Å². The average Bonchev–Trinajstić information content (AvgIpc) is 3.26. The van der Waals surface area contributed by atoms with Crippen LogP contribution in [0.25, 0.3) is 28.2 Å². The van der Waals surface area contributed by atoms with Crippen molar-refractivity contribution in [2.75, 3.05) is 5.32 Å². The molecule has 0 fully saturated rings. The molecule has 1 aromatic carbocycles. The summed E-state index contributed by atoms with van der Waals surface area (Å²) < 4.78 is 3.41. The maximum Gasteiger partial charge on any atom is 0.243 e. The molecule has 3 aromatic heterocycles. The summed E-state index contributed by atoms with van der Waals surface area (Å²) in [6, 6.07) is 7.23. The second-order valence-corrected chi connectivity index (χ2v) is 8.04. The quantitative estimate of drug-likeness (QED) is 0.522. The summed E-state index contributed by atoms with van der Waals surface area (Å²) in [5.74, 6) is 0.417. The highest BCUT2D eigenvalue weighted by atomic mass is 35.5. The molecule has 0 bridgehead atoms. The van der Waals surface area contributed by atoms with Gasteiger partial charge in [-0.1, -0.05) is 23.7 Å². The fourth-order valence-corrected chi connectivity index (χ4v) is 2.94. The Morgan fingerprint density at radius 2 is 1.83 bits per heavy atom. The standard InChI is InChI=1S/C20H22ClN7O/c1-12(20(2,3)29)23-19-25-18-17(14-9-22-27(4)10-14)24-16(11-28(18)26-19)13-5-7-15(21)8-6-13/h5-12,29H,1-4H3,(H,23,26)/t12-/m0/s1. The summed E-state index contributed by atoms with van der Waals surface area (Å²) >= 11 is 6.02. The van der Waals surface area contributed by atoms with Crippen molar-refractivity contribution in [3.05, 3.63) is 47.9 Å². The molecule has 29 heavy (non-hydrogen) atoms. The maximum absolute atomic E-state index is 10.2. The van der Waals surface area contributed by atoms with Gasteiger partial charge in [-0.15, -0.1) is 5.10 Å². The molecule has 0 saturated carbocycles. The summed E-state index contributed by atoms with van der Waals surface area (Å²) in [7, 11) is 1.85. The molecule has 0 aliphatic carbocycles. The molecule has 0 radical (unpaired) electrons. The number of hydrogen-bond donors (Lipinski definition) is 2. The lowest BCUT2D eigenvalue weighted by Crippen LogP contribution is -2.39. The van der Waals surface area contributed by atoms with Crippen molar-refractivity contribution >= 4 is 23.2 Å². The minimum Gasteiger partial charge on any atom is -0.388 e. The fraction of sp³-hybridized carbons (Fsp3) is 0.300. The minimum absolute atomic E-state index is 0.245. The number of aromatic nitrogens is 6. The van der Waals surface area contributed by atoms with Gasteiger partial charge in [0.05, 0.1) is 29.7 Å². The number of nitrogens with zero attached hydrogens (tertiary/aromatic N) is 6. The number of aryl methyl sites for hydroxylation is 1. The normalized spacial score (nSPS) is 13.0. The van der Waals surface area contributed by atoms with Crippen LogP contribution in [0.5, 0.6) is 0 Å². The van der Waals surface area contributed by atoms with Crippen LogP contribution < -0.4 is 5.32 Å². The van der Waals surface area contributed by atoms with Crippen LogP contribution in [0.4, 0.5) is 5.95 Å². The summed E-state index contributed by atoms with van der Waals surface area (Å²) in [5.41, 5.74) is 2.83. The van der Waals surface area contributed by atoms with Gasteiger partial charge < -0.3 is 10.4 Å². The van der Waals surface area contributed by atoms with E-state index in [0.717, 1.165) is 16.8 Å². The van der Waals surface area contributed by atoms with Crippen molar-refractivity contribution in [2.24, 2.45) is 7.05 Å². The van der Waals surface area contributed by atoms with E-state index >= 15 is 0 Å². The number of nitrogens with one attached hydrogen (secondary N) is 1. The van der Waals surface area contributed by atoms with Crippen molar-refractivity contribution in [3.8, 4) is 22.5 Å². The molecule has 0 aliphatic heterocycles. The van der Waals surface area contributed by atoms with Gasteiger partial charge >= 0.3 is 0 Å². The van der Waals surface area contributed by atoms with Crippen molar-refractivity contribution in [2.45, 2.75) is 32.4 Å². The second kappa shape index (κ2) is 7.13. The first-order valence-corrected chi connectivity index (χ1v) is 9.60. The van der Waals surface area contributed by atoms with Gasteiger partial charge in [0.15, 0.2) is 5.65 Å². The van der Waals surface area contributed by atoms with Gasteiger partial charge in [-0.3, -0.25) is 4.68 Å². The summed E-state index contributed by atoms with van der Waals surface area (Å²) in [6.07, 6.45) is 5.45. The summed E-state index contributed by atoms with van der Waals surface area (Å²) in [6.45, 7) is 5.36. The van der Waals surface area contributed by atoms with Crippen LogP contribution >= 0.6 is 11.6 Å². The maximum atomic E-state index is 10.2. The Bertz CT molecular complexity index is 1160.